The number of aromatic nitrogens is 1. The summed E-state index contributed by atoms with van der Waals surface area (Å²) in [7, 11) is 0. The summed E-state index contributed by atoms with van der Waals surface area (Å²) >= 11 is 6.34. The number of hydrogen-bond acceptors (Lipinski definition) is 5. The molecule has 5 aromatic rings. The molecular weight excluding hydrogens is 582 g/mol. The number of anilines is 1. The Hall–Kier alpha value is -5.20. The third-order valence-electron chi connectivity index (χ3n) is 7.41. The molecule has 0 aliphatic carbocycles. The van der Waals surface area contributed by atoms with Crippen LogP contribution in [0.5, 0.6) is 11.5 Å². The first-order valence-corrected chi connectivity index (χ1v) is 15.0. The Balaban J connectivity index is 1.52. The largest absolute Gasteiger partial charge is 0.478 e. The number of carboxylic acids is 1. The number of ether oxygens (including phenoxy) is 1. The van der Waals surface area contributed by atoms with Crippen LogP contribution < -0.4 is 10.1 Å². The van der Waals surface area contributed by atoms with Crippen molar-refractivity contribution in [1.82, 2.24) is 4.98 Å². The minimum atomic E-state index is -1.12. The van der Waals surface area contributed by atoms with Crippen molar-refractivity contribution in [1.29, 1.82) is 5.41 Å². The van der Waals surface area contributed by atoms with Gasteiger partial charge in [-0.1, -0.05) is 90.5 Å². The maximum absolute atomic E-state index is 12.4. The van der Waals surface area contributed by atoms with Crippen LogP contribution in [0, 0.1) is 19.3 Å². The standard InChI is InChI=1S/C38H34ClN3O3/c1-24-20-32(21-25(2)36(24)39)45-31-18-15-29(16-19-31)34(22-28-12-8-5-9-13-28)42-37-35(26(3)40)33(38(43)44)23-30(41-37)17-14-27-10-6-4-7-11-27/h4-21,23,34,40H,22H2,1-3H3,(H,41,42)(H,43,44). The highest BCUT2D eigenvalue weighted by atomic mass is 35.5. The molecule has 1 heterocycles. The summed E-state index contributed by atoms with van der Waals surface area (Å²) in [5, 5.41) is 22.9. The predicted octanol–water partition coefficient (Wildman–Crippen LogP) is 9.80. The van der Waals surface area contributed by atoms with E-state index >= 15 is 0 Å². The molecule has 0 saturated heterocycles. The maximum Gasteiger partial charge on any atom is 0.336 e. The fraction of sp³-hybridized carbons (Fsp3) is 0.132. The lowest BCUT2D eigenvalue weighted by molar-refractivity contribution is 0.0696. The van der Waals surface area contributed by atoms with Crippen LogP contribution in [-0.2, 0) is 6.42 Å². The van der Waals surface area contributed by atoms with E-state index in [-0.39, 0.29) is 22.9 Å². The smallest absolute Gasteiger partial charge is 0.336 e. The van der Waals surface area contributed by atoms with E-state index in [0.29, 0.717) is 29.4 Å². The van der Waals surface area contributed by atoms with Crippen molar-refractivity contribution < 1.29 is 14.6 Å². The Kier molecular flexibility index (Phi) is 9.76. The Morgan fingerprint density at radius 2 is 1.53 bits per heavy atom. The summed E-state index contributed by atoms with van der Waals surface area (Å²) in [6.07, 6.45) is 4.27. The van der Waals surface area contributed by atoms with Gasteiger partial charge in [0.05, 0.1) is 22.9 Å². The molecule has 7 heteroatoms. The minimum Gasteiger partial charge on any atom is -0.478 e. The normalized spacial score (nSPS) is 11.7. The number of carbonyl (C=O) groups is 1. The van der Waals surface area contributed by atoms with E-state index in [4.69, 9.17) is 26.7 Å². The van der Waals surface area contributed by atoms with Gasteiger partial charge in [-0.25, -0.2) is 9.78 Å². The summed E-state index contributed by atoms with van der Waals surface area (Å²) in [5.41, 5.74) is 5.75. The highest BCUT2D eigenvalue weighted by Gasteiger charge is 2.22. The van der Waals surface area contributed by atoms with Crippen LogP contribution >= 0.6 is 11.6 Å². The molecular formula is C38H34ClN3O3. The molecule has 0 fully saturated rings. The number of nitrogens with one attached hydrogen (secondary N) is 2. The van der Waals surface area contributed by atoms with Crippen LogP contribution in [0.2, 0.25) is 5.02 Å². The Morgan fingerprint density at radius 3 is 2.13 bits per heavy atom. The number of rotatable bonds is 11. The minimum absolute atomic E-state index is 0.0171. The van der Waals surface area contributed by atoms with E-state index in [0.717, 1.165) is 32.8 Å². The van der Waals surface area contributed by atoms with Gasteiger partial charge in [0.25, 0.3) is 0 Å². The number of pyridine rings is 1. The number of aryl methyl sites for hydroxylation is 2. The molecule has 0 bridgehead atoms. The molecule has 0 radical (unpaired) electrons. The molecule has 1 aromatic heterocycles. The van der Waals surface area contributed by atoms with Gasteiger partial charge < -0.3 is 20.6 Å². The van der Waals surface area contributed by atoms with Crippen molar-refractivity contribution in [3.8, 4) is 11.5 Å². The van der Waals surface area contributed by atoms with Crippen LogP contribution in [0.25, 0.3) is 12.2 Å². The molecule has 1 unspecified atom stereocenters. The van der Waals surface area contributed by atoms with Gasteiger partial charge in [-0.3, -0.25) is 0 Å². The zero-order chi connectivity index (χ0) is 31.9. The molecule has 226 valence electrons. The second-order valence-corrected chi connectivity index (χ2v) is 11.3. The van der Waals surface area contributed by atoms with Crippen molar-refractivity contribution in [2.75, 3.05) is 5.32 Å². The van der Waals surface area contributed by atoms with Crippen LogP contribution in [0.4, 0.5) is 5.82 Å². The number of hydrogen-bond donors (Lipinski definition) is 3. The molecule has 0 spiro atoms. The Bertz CT molecular complexity index is 1830. The fourth-order valence-electron chi connectivity index (χ4n) is 5.19. The highest BCUT2D eigenvalue weighted by Crippen LogP contribution is 2.32. The van der Waals surface area contributed by atoms with E-state index in [1.807, 2.05) is 105 Å². The molecule has 5 rings (SSSR count). The molecule has 6 nitrogen and oxygen atoms in total. The molecule has 1 atom stereocenters. The number of carboxylic acid groups (broad SMARTS) is 1. The average Bonchev–Trinajstić information content (AvgIpc) is 3.03. The lowest BCUT2D eigenvalue weighted by Gasteiger charge is -2.23. The fourth-order valence-corrected chi connectivity index (χ4v) is 5.29. The third-order valence-corrected chi connectivity index (χ3v) is 8.01. The van der Waals surface area contributed by atoms with E-state index in [9.17, 15) is 9.90 Å². The molecule has 3 N–H and O–H groups in total. The number of nitrogens with zero attached hydrogens (tertiary/aromatic N) is 1. The van der Waals surface area contributed by atoms with Crippen LogP contribution in [-0.4, -0.2) is 21.8 Å². The van der Waals surface area contributed by atoms with E-state index in [1.165, 1.54) is 6.07 Å². The van der Waals surface area contributed by atoms with Gasteiger partial charge in [-0.05, 0) is 91.4 Å². The summed E-state index contributed by atoms with van der Waals surface area (Å²) in [4.78, 5) is 17.2. The van der Waals surface area contributed by atoms with E-state index in [1.54, 1.807) is 13.0 Å². The van der Waals surface area contributed by atoms with Gasteiger partial charge in [0.1, 0.15) is 17.3 Å². The van der Waals surface area contributed by atoms with Crippen LogP contribution in [0.15, 0.2) is 103 Å². The molecule has 0 amide bonds. The van der Waals surface area contributed by atoms with Gasteiger partial charge in [0.15, 0.2) is 0 Å². The Morgan fingerprint density at radius 1 is 0.911 bits per heavy atom. The first kappa shape index (κ1) is 31.2. The van der Waals surface area contributed by atoms with Crippen molar-refractivity contribution in [3.63, 3.8) is 0 Å². The van der Waals surface area contributed by atoms with Crippen molar-refractivity contribution in [3.05, 3.63) is 153 Å². The molecule has 0 aliphatic rings. The lowest BCUT2D eigenvalue weighted by atomic mass is 9.97. The second-order valence-electron chi connectivity index (χ2n) is 10.9. The third kappa shape index (κ3) is 7.85. The second kappa shape index (κ2) is 14.1. The number of benzene rings is 4. The van der Waals surface area contributed by atoms with Gasteiger partial charge in [-0.2, -0.15) is 0 Å². The summed E-state index contributed by atoms with van der Waals surface area (Å²) in [6.45, 7) is 5.48. The van der Waals surface area contributed by atoms with Crippen LogP contribution in [0.3, 0.4) is 0 Å². The first-order valence-electron chi connectivity index (χ1n) is 14.6. The SMILES string of the molecule is CC(=N)c1c(C(=O)O)cc(C=Cc2ccccc2)nc1NC(Cc1ccccc1)c1ccc(Oc2cc(C)c(Cl)c(C)c2)cc1. The van der Waals surface area contributed by atoms with Gasteiger partial charge in [0, 0.05) is 10.7 Å². The van der Waals surface area contributed by atoms with Crippen molar-refractivity contribution in [2.24, 2.45) is 0 Å². The molecule has 45 heavy (non-hydrogen) atoms. The number of halogens is 1. The highest BCUT2D eigenvalue weighted by molar-refractivity contribution is 6.32. The summed E-state index contributed by atoms with van der Waals surface area (Å²) in [5.74, 6) is 0.598. The topological polar surface area (TPSA) is 95.3 Å². The van der Waals surface area contributed by atoms with Gasteiger partial charge in [-0.15, -0.1) is 0 Å². The zero-order valence-electron chi connectivity index (χ0n) is 25.3. The molecule has 0 saturated carbocycles. The summed E-state index contributed by atoms with van der Waals surface area (Å²) < 4.78 is 6.15. The van der Waals surface area contributed by atoms with Gasteiger partial charge >= 0.3 is 5.97 Å². The average molecular weight is 616 g/mol. The number of aromatic carboxylic acids is 1. The molecule has 0 aliphatic heterocycles. The van der Waals surface area contributed by atoms with E-state index < -0.39 is 5.97 Å². The predicted molar refractivity (Wildman–Crippen MR) is 183 cm³/mol. The lowest BCUT2D eigenvalue weighted by Crippen LogP contribution is -2.19. The Labute approximate surface area is 268 Å². The van der Waals surface area contributed by atoms with E-state index in [2.05, 4.69) is 17.4 Å². The van der Waals surface area contributed by atoms with Gasteiger partial charge in [0.2, 0.25) is 0 Å². The zero-order valence-corrected chi connectivity index (χ0v) is 26.1. The first-order chi connectivity index (χ1) is 21.7. The van der Waals surface area contributed by atoms with Crippen LogP contribution in [0.1, 0.15) is 62.4 Å². The maximum atomic E-state index is 12.4. The monoisotopic (exact) mass is 615 g/mol. The van der Waals surface area contributed by atoms with Crippen molar-refractivity contribution in [2.45, 2.75) is 33.2 Å². The summed E-state index contributed by atoms with van der Waals surface area (Å²) in [6, 6.07) is 32.6. The quantitative estimate of drug-likeness (QED) is 0.129. The van der Waals surface area contributed by atoms with Crippen molar-refractivity contribution >= 4 is 41.3 Å². The molecule has 4 aromatic carbocycles.